The van der Waals surface area contributed by atoms with Crippen LogP contribution in [0.25, 0.3) is 11.0 Å². The molecule has 0 N–H and O–H groups in total. The van der Waals surface area contributed by atoms with E-state index in [4.69, 9.17) is 4.74 Å². The number of aromatic nitrogens is 3. The molecule has 1 fully saturated rings. The molecule has 2 aliphatic rings. The van der Waals surface area contributed by atoms with Gasteiger partial charge in [-0.3, -0.25) is 0 Å². The van der Waals surface area contributed by atoms with Crippen molar-refractivity contribution in [1.29, 1.82) is 0 Å². The van der Waals surface area contributed by atoms with Crippen molar-refractivity contribution >= 4 is 39.7 Å². The zero-order chi connectivity index (χ0) is 17.9. The summed E-state index contributed by atoms with van der Waals surface area (Å²) >= 11 is 1.86. The first kappa shape index (κ1) is 17.0. The van der Waals surface area contributed by atoms with Crippen LogP contribution in [-0.2, 0) is 0 Å². The normalized spacial score (nSPS) is 23.8. The molecule has 2 unspecified atom stereocenters. The van der Waals surface area contributed by atoms with Gasteiger partial charge in [-0.25, -0.2) is 16.9 Å². The molecule has 0 spiro atoms. The summed E-state index contributed by atoms with van der Waals surface area (Å²) in [5, 5.41) is 0.484. The van der Waals surface area contributed by atoms with Gasteiger partial charge in [-0.15, -0.1) is 0 Å². The largest absolute Gasteiger partial charge is 0.489 e. The van der Waals surface area contributed by atoms with E-state index in [9.17, 15) is 9.18 Å². The number of ether oxygens (including phenoxy) is 1. The Balaban J connectivity index is 2.08. The van der Waals surface area contributed by atoms with Gasteiger partial charge in [0, 0.05) is 31.6 Å². The van der Waals surface area contributed by atoms with E-state index in [1.807, 2.05) is 22.9 Å². The van der Waals surface area contributed by atoms with E-state index in [-0.39, 0.29) is 23.5 Å². The van der Waals surface area contributed by atoms with Crippen LogP contribution in [0.4, 0.5) is 10.2 Å². The molecule has 0 amide bonds. The average molecular weight is 459 g/mol. The van der Waals surface area contributed by atoms with Crippen molar-refractivity contribution in [2.75, 3.05) is 31.6 Å². The van der Waals surface area contributed by atoms with E-state index in [2.05, 4.69) is 33.7 Å². The molecule has 2 atom stereocenters. The molecule has 2 aromatic heterocycles. The van der Waals surface area contributed by atoms with Gasteiger partial charge in [0.05, 0.1) is 35.2 Å². The summed E-state index contributed by atoms with van der Waals surface area (Å²) in [5.41, 5.74) is 0.210. The molecular formula is C16H19FIN5O2. The molecule has 2 aromatic rings. The van der Waals surface area contributed by atoms with E-state index >= 15 is 0 Å². The summed E-state index contributed by atoms with van der Waals surface area (Å²) in [4.78, 5) is 25.4. The van der Waals surface area contributed by atoms with Crippen LogP contribution in [0.5, 0.6) is 5.75 Å². The quantitative estimate of drug-likeness (QED) is 0.560. The predicted molar refractivity (Wildman–Crippen MR) is 101 cm³/mol. The molecule has 0 bridgehead atoms. The number of likely N-dealkylation sites (N-methyl/N-ethyl adjacent to an activating group) is 1. The first-order chi connectivity index (χ1) is 11.9. The second-order valence-electron chi connectivity index (χ2n) is 6.81. The number of piperazine rings is 1. The Morgan fingerprint density at radius 3 is 2.84 bits per heavy atom. The van der Waals surface area contributed by atoms with E-state index < -0.39 is 11.5 Å². The van der Waals surface area contributed by atoms with Crippen molar-refractivity contribution in [2.45, 2.75) is 32.4 Å². The summed E-state index contributed by atoms with van der Waals surface area (Å²) in [7, 11) is 2.08. The SMILES string of the molecule is Cc1nc2c3c(nc(=O)n2I)N2C(C)CN(C)CC2CCOc3c1F. The van der Waals surface area contributed by atoms with Crippen LogP contribution in [0, 0.1) is 12.7 Å². The van der Waals surface area contributed by atoms with Crippen molar-refractivity contribution in [3.8, 4) is 5.75 Å². The predicted octanol–water partition coefficient (Wildman–Crippen LogP) is 1.73. The number of hydrogen-bond acceptors (Lipinski definition) is 6. The van der Waals surface area contributed by atoms with Gasteiger partial charge in [-0.1, -0.05) is 0 Å². The second kappa shape index (κ2) is 6.04. The Morgan fingerprint density at radius 2 is 2.08 bits per heavy atom. The maximum atomic E-state index is 14.7. The summed E-state index contributed by atoms with van der Waals surface area (Å²) < 4.78 is 21.9. The van der Waals surface area contributed by atoms with Crippen LogP contribution >= 0.6 is 22.9 Å². The molecule has 4 rings (SSSR count). The number of hydrogen-bond donors (Lipinski definition) is 0. The number of anilines is 1. The highest BCUT2D eigenvalue weighted by molar-refractivity contribution is 14.1. The van der Waals surface area contributed by atoms with Crippen LogP contribution in [0.2, 0.25) is 0 Å². The van der Waals surface area contributed by atoms with Crippen LogP contribution < -0.4 is 15.3 Å². The van der Waals surface area contributed by atoms with Gasteiger partial charge in [0.25, 0.3) is 0 Å². The number of halogens is 2. The molecule has 0 radical (unpaired) electrons. The maximum absolute atomic E-state index is 14.7. The Bertz CT molecular complexity index is 918. The third-order valence-electron chi connectivity index (χ3n) is 4.93. The fourth-order valence-electron chi connectivity index (χ4n) is 3.92. The maximum Gasteiger partial charge on any atom is 0.360 e. The summed E-state index contributed by atoms with van der Waals surface area (Å²) in [6.45, 7) is 5.80. The van der Waals surface area contributed by atoms with Gasteiger partial charge in [0.2, 0.25) is 0 Å². The number of pyridine rings is 1. The van der Waals surface area contributed by atoms with Crippen LogP contribution in [0.1, 0.15) is 19.0 Å². The zero-order valence-corrected chi connectivity index (χ0v) is 16.4. The van der Waals surface area contributed by atoms with E-state index in [1.165, 1.54) is 2.78 Å². The molecule has 7 nitrogen and oxygen atoms in total. The lowest BCUT2D eigenvalue weighted by Crippen LogP contribution is -2.58. The molecule has 25 heavy (non-hydrogen) atoms. The molecule has 4 heterocycles. The number of nitrogens with zero attached hydrogens (tertiary/aromatic N) is 5. The Morgan fingerprint density at radius 1 is 1.32 bits per heavy atom. The molecule has 0 saturated carbocycles. The molecule has 0 aliphatic carbocycles. The van der Waals surface area contributed by atoms with E-state index in [0.29, 0.717) is 23.5 Å². The third-order valence-corrected chi connectivity index (χ3v) is 5.80. The molecule has 134 valence electrons. The molecular weight excluding hydrogens is 440 g/mol. The topological polar surface area (TPSA) is 63.5 Å². The minimum Gasteiger partial charge on any atom is -0.489 e. The minimum atomic E-state index is -0.481. The minimum absolute atomic E-state index is 0.152. The van der Waals surface area contributed by atoms with Gasteiger partial charge in [0.15, 0.2) is 17.2 Å². The summed E-state index contributed by atoms with van der Waals surface area (Å²) in [6.07, 6.45) is 0.741. The van der Waals surface area contributed by atoms with Gasteiger partial charge in [0.1, 0.15) is 11.2 Å². The van der Waals surface area contributed by atoms with Gasteiger partial charge >= 0.3 is 5.69 Å². The smallest absolute Gasteiger partial charge is 0.360 e. The highest BCUT2D eigenvalue weighted by Gasteiger charge is 2.36. The monoisotopic (exact) mass is 459 g/mol. The van der Waals surface area contributed by atoms with Crippen molar-refractivity contribution in [3.05, 3.63) is 22.0 Å². The third kappa shape index (κ3) is 2.59. The lowest BCUT2D eigenvalue weighted by molar-refractivity contribution is 0.199. The standard InChI is InChI=1S/C16H19FIN5O2/c1-8-6-21(3)7-10-4-5-25-13-11-14(22(8)10)20-16(24)23(18)15(11)19-9(2)12(13)17/h8,10H,4-7H2,1-3H3. The Kier molecular flexibility index (Phi) is 4.10. The highest BCUT2D eigenvalue weighted by Crippen LogP contribution is 2.39. The van der Waals surface area contributed by atoms with Crippen LogP contribution in [0.3, 0.4) is 0 Å². The first-order valence-electron chi connectivity index (χ1n) is 8.27. The van der Waals surface area contributed by atoms with Crippen molar-refractivity contribution in [3.63, 3.8) is 0 Å². The number of fused-ring (bicyclic) bond motifs is 2. The Labute approximate surface area is 158 Å². The van der Waals surface area contributed by atoms with Crippen molar-refractivity contribution in [1.82, 2.24) is 17.6 Å². The summed E-state index contributed by atoms with van der Waals surface area (Å²) in [6, 6.07) is 0.311. The highest BCUT2D eigenvalue weighted by atomic mass is 127. The molecule has 1 saturated heterocycles. The van der Waals surface area contributed by atoms with Crippen molar-refractivity contribution in [2.24, 2.45) is 0 Å². The lowest BCUT2D eigenvalue weighted by atomic mass is 10.0. The fraction of sp³-hybridized carbons (Fsp3) is 0.562. The van der Waals surface area contributed by atoms with E-state index in [1.54, 1.807) is 6.92 Å². The second-order valence-corrected chi connectivity index (χ2v) is 7.77. The summed E-state index contributed by atoms with van der Waals surface area (Å²) in [5.74, 6) is 0.158. The number of aryl methyl sites for hydroxylation is 1. The molecule has 0 aromatic carbocycles. The zero-order valence-electron chi connectivity index (χ0n) is 14.3. The Hall–Kier alpha value is -1.49. The van der Waals surface area contributed by atoms with Crippen molar-refractivity contribution < 1.29 is 9.13 Å². The van der Waals surface area contributed by atoms with Crippen LogP contribution in [0.15, 0.2) is 4.79 Å². The molecule has 9 heteroatoms. The van der Waals surface area contributed by atoms with E-state index in [0.717, 1.165) is 19.5 Å². The van der Waals surface area contributed by atoms with Gasteiger partial charge in [-0.2, -0.15) is 4.98 Å². The van der Waals surface area contributed by atoms with Crippen LogP contribution in [-0.4, -0.2) is 56.5 Å². The number of rotatable bonds is 0. The molecule has 2 aliphatic heterocycles. The lowest BCUT2D eigenvalue weighted by Gasteiger charge is -2.46. The van der Waals surface area contributed by atoms with Gasteiger partial charge in [-0.05, 0) is 20.9 Å². The first-order valence-corrected chi connectivity index (χ1v) is 9.23. The van der Waals surface area contributed by atoms with Gasteiger partial charge < -0.3 is 14.5 Å². The fourth-order valence-corrected chi connectivity index (χ4v) is 4.37. The average Bonchev–Trinajstić information content (AvgIpc) is 2.53.